The van der Waals surface area contributed by atoms with Gasteiger partial charge in [0.2, 0.25) is 0 Å². The Morgan fingerprint density at radius 3 is 2.00 bits per heavy atom. The number of rotatable bonds is 6. The molecule has 2 aromatic carbocycles. The zero-order valence-electron chi connectivity index (χ0n) is 15.9. The van der Waals surface area contributed by atoms with Gasteiger partial charge in [0.25, 0.3) is 5.56 Å². The Hall–Kier alpha value is -3.41. The van der Waals surface area contributed by atoms with E-state index in [4.69, 9.17) is 4.74 Å². The number of hydrogen-bond acceptors (Lipinski definition) is 4. The molecular formula is C22H22N2O4. The minimum absolute atomic E-state index is 0.185. The molecule has 0 atom stereocenters. The van der Waals surface area contributed by atoms with E-state index in [1.807, 2.05) is 60.7 Å². The maximum Gasteiger partial charge on any atom is 0.332 e. The van der Waals surface area contributed by atoms with Gasteiger partial charge in [-0.05, 0) is 25.0 Å². The van der Waals surface area contributed by atoms with Crippen LogP contribution in [0.1, 0.15) is 29.7 Å². The molecule has 0 unspecified atom stereocenters. The average Bonchev–Trinajstić information content (AvgIpc) is 2.71. The van der Waals surface area contributed by atoms with Gasteiger partial charge in [-0.3, -0.25) is 14.2 Å². The summed E-state index contributed by atoms with van der Waals surface area (Å²) < 4.78 is 7.36. The lowest BCUT2D eigenvalue weighted by molar-refractivity contribution is -0.143. The second-order valence-corrected chi connectivity index (χ2v) is 6.42. The standard InChI is InChI=1S/C22H22N2O4/c1-3-28-19(25)15-24-21(26)16(2)14-23(22(24)27)20(17-10-6-4-7-11-17)18-12-8-5-9-13-18/h4-14,20H,3,15H2,1-2H3. The minimum Gasteiger partial charge on any atom is -0.465 e. The Labute approximate surface area is 162 Å². The quantitative estimate of drug-likeness (QED) is 0.618. The van der Waals surface area contributed by atoms with Gasteiger partial charge in [0.1, 0.15) is 6.54 Å². The monoisotopic (exact) mass is 378 g/mol. The van der Waals surface area contributed by atoms with E-state index in [-0.39, 0.29) is 6.61 Å². The number of aryl methyl sites for hydroxylation is 1. The lowest BCUT2D eigenvalue weighted by Gasteiger charge is -2.22. The number of hydrogen-bond donors (Lipinski definition) is 0. The van der Waals surface area contributed by atoms with Crippen molar-refractivity contribution in [3.05, 3.63) is 104 Å². The predicted octanol–water partition coefficient (Wildman–Crippen LogP) is 2.52. The molecule has 3 rings (SSSR count). The van der Waals surface area contributed by atoms with Gasteiger partial charge in [-0.25, -0.2) is 9.36 Å². The van der Waals surface area contributed by atoms with Crippen molar-refractivity contribution in [2.75, 3.05) is 6.61 Å². The number of aromatic nitrogens is 2. The van der Waals surface area contributed by atoms with Crippen molar-refractivity contribution in [1.82, 2.24) is 9.13 Å². The lowest BCUT2D eigenvalue weighted by atomic mass is 9.98. The fourth-order valence-corrected chi connectivity index (χ4v) is 3.20. The van der Waals surface area contributed by atoms with Crippen LogP contribution in [0, 0.1) is 6.92 Å². The molecule has 28 heavy (non-hydrogen) atoms. The van der Waals surface area contributed by atoms with Crippen LogP contribution in [0.2, 0.25) is 0 Å². The number of nitrogens with zero attached hydrogens (tertiary/aromatic N) is 2. The molecule has 1 aromatic heterocycles. The third kappa shape index (κ3) is 3.96. The molecule has 144 valence electrons. The predicted molar refractivity (Wildman–Crippen MR) is 106 cm³/mol. The van der Waals surface area contributed by atoms with E-state index in [0.717, 1.165) is 15.7 Å². The molecule has 6 nitrogen and oxygen atoms in total. The van der Waals surface area contributed by atoms with Crippen LogP contribution in [0.5, 0.6) is 0 Å². The van der Waals surface area contributed by atoms with Gasteiger partial charge >= 0.3 is 11.7 Å². The van der Waals surface area contributed by atoms with Crippen LogP contribution in [0.4, 0.5) is 0 Å². The van der Waals surface area contributed by atoms with E-state index in [2.05, 4.69) is 0 Å². The van der Waals surface area contributed by atoms with Gasteiger partial charge in [-0.1, -0.05) is 60.7 Å². The molecular weight excluding hydrogens is 356 g/mol. The first-order chi connectivity index (χ1) is 13.5. The third-order valence-electron chi connectivity index (χ3n) is 4.47. The summed E-state index contributed by atoms with van der Waals surface area (Å²) in [6.45, 7) is 3.08. The Kier molecular flexibility index (Phi) is 5.89. The Morgan fingerprint density at radius 1 is 0.964 bits per heavy atom. The van der Waals surface area contributed by atoms with Crippen molar-refractivity contribution in [2.45, 2.75) is 26.4 Å². The molecule has 0 saturated heterocycles. The van der Waals surface area contributed by atoms with Gasteiger partial charge in [-0.2, -0.15) is 0 Å². The molecule has 0 radical (unpaired) electrons. The first kappa shape index (κ1) is 19.4. The molecule has 1 heterocycles. The second-order valence-electron chi connectivity index (χ2n) is 6.42. The van der Waals surface area contributed by atoms with Crippen molar-refractivity contribution in [3.8, 4) is 0 Å². The highest BCUT2D eigenvalue weighted by Crippen LogP contribution is 2.25. The molecule has 0 spiro atoms. The van der Waals surface area contributed by atoms with Gasteiger partial charge in [0.05, 0.1) is 12.6 Å². The summed E-state index contributed by atoms with van der Waals surface area (Å²) in [4.78, 5) is 37.6. The number of carbonyl (C=O) groups is 1. The number of benzene rings is 2. The van der Waals surface area contributed by atoms with Crippen LogP contribution in [-0.2, 0) is 16.1 Å². The summed E-state index contributed by atoms with van der Waals surface area (Å²) in [5, 5.41) is 0. The summed E-state index contributed by atoms with van der Waals surface area (Å²) in [6.07, 6.45) is 1.55. The number of carbonyl (C=O) groups excluding carboxylic acids is 1. The van der Waals surface area contributed by atoms with Crippen molar-refractivity contribution < 1.29 is 9.53 Å². The molecule has 0 amide bonds. The van der Waals surface area contributed by atoms with Crippen molar-refractivity contribution in [3.63, 3.8) is 0 Å². The molecule has 0 aliphatic heterocycles. The van der Waals surface area contributed by atoms with E-state index in [9.17, 15) is 14.4 Å². The van der Waals surface area contributed by atoms with Crippen LogP contribution in [0.25, 0.3) is 0 Å². The number of ether oxygens (including phenoxy) is 1. The molecule has 6 heteroatoms. The first-order valence-corrected chi connectivity index (χ1v) is 9.11. The second kappa shape index (κ2) is 8.52. The zero-order valence-corrected chi connectivity index (χ0v) is 15.9. The van der Waals surface area contributed by atoms with Crippen LogP contribution in [-0.4, -0.2) is 21.7 Å². The smallest absolute Gasteiger partial charge is 0.332 e. The average molecular weight is 378 g/mol. The van der Waals surface area contributed by atoms with Crippen molar-refractivity contribution >= 4 is 5.97 Å². The van der Waals surface area contributed by atoms with E-state index in [0.29, 0.717) is 5.56 Å². The molecule has 0 N–H and O–H groups in total. The van der Waals surface area contributed by atoms with E-state index >= 15 is 0 Å². The Morgan fingerprint density at radius 2 is 1.50 bits per heavy atom. The molecule has 0 bridgehead atoms. The Balaban J connectivity index is 2.21. The van der Waals surface area contributed by atoms with Crippen LogP contribution in [0.15, 0.2) is 76.4 Å². The maximum atomic E-state index is 13.2. The van der Waals surface area contributed by atoms with E-state index < -0.39 is 29.8 Å². The summed E-state index contributed by atoms with van der Waals surface area (Å²) >= 11 is 0. The first-order valence-electron chi connectivity index (χ1n) is 9.11. The maximum absolute atomic E-state index is 13.2. The third-order valence-corrected chi connectivity index (χ3v) is 4.47. The van der Waals surface area contributed by atoms with Crippen molar-refractivity contribution in [1.29, 1.82) is 0 Å². The lowest BCUT2D eigenvalue weighted by Crippen LogP contribution is -2.44. The summed E-state index contributed by atoms with van der Waals surface area (Å²) in [6, 6.07) is 18.7. The zero-order chi connectivity index (χ0) is 20.1. The summed E-state index contributed by atoms with van der Waals surface area (Å²) in [7, 11) is 0. The van der Waals surface area contributed by atoms with Gasteiger partial charge in [0.15, 0.2) is 0 Å². The fraction of sp³-hybridized carbons (Fsp3) is 0.227. The van der Waals surface area contributed by atoms with Gasteiger partial charge in [-0.15, -0.1) is 0 Å². The molecule has 0 saturated carbocycles. The van der Waals surface area contributed by atoms with Crippen LogP contribution >= 0.6 is 0 Å². The van der Waals surface area contributed by atoms with Gasteiger partial charge in [0, 0.05) is 11.8 Å². The molecule has 3 aromatic rings. The molecule has 0 aliphatic rings. The Bertz CT molecular complexity index is 1030. The SMILES string of the molecule is CCOC(=O)Cn1c(=O)c(C)cn(C(c2ccccc2)c2ccccc2)c1=O. The molecule has 0 aliphatic carbocycles. The highest BCUT2D eigenvalue weighted by molar-refractivity contribution is 5.69. The van der Waals surface area contributed by atoms with Crippen LogP contribution in [0.3, 0.4) is 0 Å². The molecule has 0 fully saturated rings. The summed E-state index contributed by atoms with van der Waals surface area (Å²) in [5.41, 5.74) is 1.13. The largest absolute Gasteiger partial charge is 0.465 e. The topological polar surface area (TPSA) is 70.3 Å². The summed E-state index contributed by atoms with van der Waals surface area (Å²) in [5.74, 6) is -0.616. The minimum atomic E-state index is -0.616. The highest BCUT2D eigenvalue weighted by atomic mass is 16.5. The number of esters is 1. The van der Waals surface area contributed by atoms with Crippen LogP contribution < -0.4 is 11.2 Å². The highest BCUT2D eigenvalue weighted by Gasteiger charge is 2.21. The fourth-order valence-electron chi connectivity index (χ4n) is 3.20. The normalized spacial score (nSPS) is 10.8. The van der Waals surface area contributed by atoms with E-state index in [1.54, 1.807) is 20.0 Å². The van der Waals surface area contributed by atoms with Gasteiger partial charge < -0.3 is 4.74 Å². The van der Waals surface area contributed by atoms with Crippen molar-refractivity contribution in [2.24, 2.45) is 0 Å². The van der Waals surface area contributed by atoms with E-state index in [1.165, 1.54) is 4.57 Å².